The number of carbonyl (C=O) groups excluding carboxylic acids is 2. The molecule has 1 atom stereocenters. The number of para-hydroxylation sites is 1. The second kappa shape index (κ2) is 7.82. The Labute approximate surface area is 202 Å². The lowest BCUT2D eigenvalue weighted by atomic mass is 9.84. The number of β-amino-alcohol motifs (C(OH)–C–C–N with tert-alkyl or cyclic N) is 1. The third kappa shape index (κ3) is 2.77. The molecule has 9 heteroatoms. The maximum absolute atomic E-state index is 14.6. The predicted molar refractivity (Wildman–Crippen MR) is 125 cm³/mol. The summed E-state index contributed by atoms with van der Waals surface area (Å²) in [6.07, 6.45) is 0. The minimum Gasteiger partial charge on any atom is -0.450 e. The number of aliphatic hydroxyl groups excluding tert-OH is 1. The van der Waals surface area contributed by atoms with Crippen molar-refractivity contribution in [2.45, 2.75) is 12.1 Å². The third-order valence-electron chi connectivity index (χ3n) is 6.81. The first kappa shape index (κ1) is 22.1. The fraction of sp³-hybridized carbons (Fsp3) is 0.148. The Balaban J connectivity index is 1.67. The van der Waals surface area contributed by atoms with Crippen LogP contribution in [0.5, 0.6) is 0 Å². The van der Waals surface area contributed by atoms with Gasteiger partial charge in [-0.2, -0.15) is 0 Å². The van der Waals surface area contributed by atoms with Gasteiger partial charge in [0, 0.05) is 17.7 Å². The van der Waals surface area contributed by atoms with Crippen LogP contribution in [0.25, 0.3) is 11.0 Å². The normalized spacial score (nSPS) is 18.4. The van der Waals surface area contributed by atoms with Crippen molar-refractivity contribution in [2.24, 2.45) is 0 Å². The average Bonchev–Trinajstić information content (AvgIpc) is 3.26. The Morgan fingerprint density at radius 3 is 2.47 bits per heavy atom. The SMILES string of the molecule is O=C1c2oc3ccc(F)cc3c(=O)c2C2(C(=O)N(Cc3ccccc3F)c3ccccc32)N1CCO. The molecule has 1 unspecified atom stereocenters. The van der Waals surface area contributed by atoms with Crippen molar-refractivity contribution in [3.8, 4) is 0 Å². The molecule has 3 heterocycles. The van der Waals surface area contributed by atoms with Crippen LogP contribution in [0.2, 0.25) is 0 Å². The first-order chi connectivity index (χ1) is 17.4. The summed E-state index contributed by atoms with van der Waals surface area (Å²) in [4.78, 5) is 44.1. The number of anilines is 1. The molecule has 2 aliphatic heterocycles. The first-order valence-electron chi connectivity index (χ1n) is 11.2. The fourth-order valence-electron chi connectivity index (χ4n) is 5.32. The lowest BCUT2D eigenvalue weighted by molar-refractivity contribution is -0.126. The molecule has 0 saturated heterocycles. The summed E-state index contributed by atoms with van der Waals surface area (Å²) in [5.41, 5.74) is -2.00. The molecule has 6 rings (SSSR count). The van der Waals surface area contributed by atoms with Crippen molar-refractivity contribution < 1.29 is 27.9 Å². The molecule has 1 spiro atoms. The maximum Gasteiger partial charge on any atom is 0.291 e. The van der Waals surface area contributed by atoms with Crippen LogP contribution in [-0.2, 0) is 16.9 Å². The minimum absolute atomic E-state index is 0.00329. The maximum atomic E-state index is 14.6. The number of halogens is 2. The summed E-state index contributed by atoms with van der Waals surface area (Å²) in [6.45, 7) is -0.929. The molecular weight excluding hydrogens is 470 g/mol. The van der Waals surface area contributed by atoms with E-state index in [9.17, 15) is 28.3 Å². The van der Waals surface area contributed by atoms with Gasteiger partial charge in [0.05, 0.1) is 29.8 Å². The molecule has 36 heavy (non-hydrogen) atoms. The molecule has 180 valence electrons. The Hall–Kier alpha value is -4.37. The monoisotopic (exact) mass is 488 g/mol. The topological polar surface area (TPSA) is 91.1 Å². The standard InChI is InChI=1S/C27H18F2N2O5/c28-16-9-10-21-17(13-16)23(33)22-24(36-21)25(34)31(11-12-32)27(22)18-6-2-4-8-20(18)30(26(27)35)14-15-5-1-3-7-19(15)29/h1-10,13,32H,11-12,14H2. The zero-order valence-electron chi connectivity index (χ0n) is 18.7. The van der Waals surface area contributed by atoms with Gasteiger partial charge in [0.2, 0.25) is 5.76 Å². The molecular formula is C27H18F2N2O5. The lowest BCUT2D eigenvalue weighted by Crippen LogP contribution is -2.54. The van der Waals surface area contributed by atoms with Crippen LogP contribution in [0.4, 0.5) is 14.5 Å². The highest BCUT2D eigenvalue weighted by molar-refractivity contribution is 6.17. The molecule has 1 aromatic heterocycles. The van der Waals surface area contributed by atoms with E-state index in [1.807, 2.05) is 0 Å². The highest BCUT2D eigenvalue weighted by Gasteiger charge is 2.64. The van der Waals surface area contributed by atoms with E-state index in [2.05, 4.69) is 0 Å². The molecule has 1 N–H and O–H groups in total. The van der Waals surface area contributed by atoms with Crippen LogP contribution >= 0.6 is 0 Å². The van der Waals surface area contributed by atoms with Crippen LogP contribution in [0.15, 0.2) is 75.9 Å². The summed E-state index contributed by atoms with van der Waals surface area (Å²) in [7, 11) is 0. The van der Waals surface area contributed by atoms with Crippen molar-refractivity contribution in [3.05, 3.63) is 111 Å². The van der Waals surface area contributed by atoms with E-state index in [4.69, 9.17) is 4.42 Å². The van der Waals surface area contributed by atoms with Crippen molar-refractivity contribution in [2.75, 3.05) is 18.1 Å². The summed E-state index contributed by atoms with van der Waals surface area (Å²) < 4.78 is 34.4. The Morgan fingerprint density at radius 2 is 1.69 bits per heavy atom. The molecule has 2 amide bonds. The molecule has 0 fully saturated rings. The Bertz CT molecular complexity index is 1650. The van der Waals surface area contributed by atoms with E-state index >= 15 is 0 Å². The fourth-order valence-corrected chi connectivity index (χ4v) is 5.32. The molecule has 0 aliphatic carbocycles. The summed E-state index contributed by atoms with van der Waals surface area (Å²) in [6, 6.07) is 15.9. The molecule has 7 nitrogen and oxygen atoms in total. The summed E-state index contributed by atoms with van der Waals surface area (Å²) in [5, 5.41) is 9.69. The van der Waals surface area contributed by atoms with Gasteiger partial charge in [-0.25, -0.2) is 8.78 Å². The Kier molecular flexibility index (Phi) is 4.81. The number of amides is 2. The number of nitrogens with zero attached hydrogens (tertiary/aromatic N) is 2. The number of rotatable bonds is 4. The summed E-state index contributed by atoms with van der Waals surface area (Å²) in [5.74, 6) is -2.96. The van der Waals surface area contributed by atoms with E-state index in [0.29, 0.717) is 11.3 Å². The van der Waals surface area contributed by atoms with E-state index in [0.717, 1.165) is 17.0 Å². The van der Waals surface area contributed by atoms with Crippen molar-refractivity contribution in [1.29, 1.82) is 0 Å². The zero-order chi connectivity index (χ0) is 25.2. The third-order valence-corrected chi connectivity index (χ3v) is 6.81. The second-order valence-corrected chi connectivity index (χ2v) is 8.67. The second-order valence-electron chi connectivity index (χ2n) is 8.67. The molecule has 4 aromatic rings. The molecule has 0 saturated carbocycles. The van der Waals surface area contributed by atoms with Gasteiger partial charge in [0.15, 0.2) is 11.0 Å². The van der Waals surface area contributed by atoms with Gasteiger partial charge < -0.3 is 19.3 Å². The largest absolute Gasteiger partial charge is 0.450 e. The van der Waals surface area contributed by atoms with Gasteiger partial charge in [-0.05, 0) is 30.3 Å². The van der Waals surface area contributed by atoms with Gasteiger partial charge in [0.1, 0.15) is 17.2 Å². The van der Waals surface area contributed by atoms with Crippen LogP contribution < -0.4 is 10.3 Å². The lowest BCUT2D eigenvalue weighted by Gasteiger charge is -2.33. The van der Waals surface area contributed by atoms with Crippen molar-refractivity contribution in [1.82, 2.24) is 4.90 Å². The van der Waals surface area contributed by atoms with E-state index in [-0.39, 0.29) is 40.9 Å². The number of fused-ring (bicyclic) bond motifs is 5. The van der Waals surface area contributed by atoms with Gasteiger partial charge in [-0.3, -0.25) is 14.4 Å². The average molecular weight is 488 g/mol. The van der Waals surface area contributed by atoms with Gasteiger partial charge in [-0.15, -0.1) is 0 Å². The number of aliphatic hydroxyl groups is 1. The van der Waals surface area contributed by atoms with Crippen molar-refractivity contribution >= 4 is 28.5 Å². The smallest absolute Gasteiger partial charge is 0.291 e. The van der Waals surface area contributed by atoms with Crippen LogP contribution in [0.3, 0.4) is 0 Å². The number of hydrogen-bond donors (Lipinski definition) is 1. The molecule has 3 aromatic carbocycles. The van der Waals surface area contributed by atoms with E-state index < -0.39 is 41.0 Å². The van der Waals surface area contributed by atoms with Crippen LogP contribution in [-0.4, -0.2) is 35.0 Å². The van der Waals surface area contributed by atoms with Crippen LogP contribution in [0.1, 0.15) is 27.2 Å². The van der Waals surface area contributed by atoms with Gasteiger partial charge >= 0.3 is 0 Å². The Morgan fingerprint density at radius 1 is 0.944 bits per heavy atom. The van der Waals surface area contributed by atoms with Gasteiger partial charge in [0.25, 0.3) is 11.8 Å². The van der Waals surface area contributed by atoms with Crippen molar-refractivity contribution in [3.63, 3.8) is 0 Å². The molecule has 2 aliphatic rings. The zero-order valence-corrected chi connectivity index (χ0v) is 18.7. The van der Waals surface area contributed by atoms with Gasteiger partial charge in [-0.1, -0.05) is 36.4 Å². The minimum atomic E-state index is -1.96. The van der Waals surface area contributed by atoms with Crippen LogP contribution in [0, 0.1) is 11.6 Å². The quantitative estimate of drug-likeness (QED) is 0.476. The predicted octanol–water partition coefficient (Wildman–Crippen LogP) is 3.31. The van der Waals surface area contributed by atoms with E-state index in [1.165, 1.54) is 23.1 Å². The molecule has 0 radical (unpaired) electrons. The number of carbonyl (C=O) groups is 2. The number of hydrogen-bond acceptors (Lipinski definition) is 5. The summed E-state index contributed by atoms with van der Waals surface area (Å²) >= 11 is 0. The highest BCUT2D eigenvalue weighted by atomic mass is 19.1. The highest BCUT2D eigenvalue weighted by Crippen LogP contribution is 2.52. The first-order valence-corrected chi connectivity index (χ1v) is 11.2. The number of benzene rings is 3. The van der Waals surface area contributed by atoms with E-state index in [1.54, 1.807) is 36.4 Å². The molecule has 0 bridgehead atoms.